The van der Waals surface area contributed by atoms with E-state index in [9.17, 15) is 0 Å². The van der Waals surface area contributed by atoms with E-state index >= 15 is 0 Å². The Morgan fingerprint density at radius 3 is 1.22 bits per heavy atom. The molecular formula is C6H18ClNSi. The van der Waals surface area contributed by atoms with Gasteiger partial charge in [0.2, 0.25) is 0 Å². The first-order valence-electron chi connectivity index (χ1n) is 3.45. The van der Waals surface area contributed by atoms with E-state index in [1.165, 1.54) is 19.6 Å². The molecule has 0 bridgehead atoms. The number of nitrogens with zero attached hydrogens (tertiary/aromatic N) is 1. The maximum absolute atomic E-state index is 4.78. The van der Waals surface area contributed by atoms with Crippen molar-refractivity contribution in [2.75, 3.05) is 19.6 Å². The summed E-state index contributed by atoms with van der Waals surface area (Å²) in [4.78, 5) is 2.38. The minimum absolute atomic E-state index is 0.778. The first kappa shape index (κ1) is 12.2. The Morgan fingerprint density at radius 2 is 1.22 bits per heavy atom. The molecule has 0 unspecified atom stereocenters. The molecule has 0 amide bonds. The highest BCUT2D eigenvalue weighted by molar-refractivity contribution is 6.80. The summed E-state index contributed by atoms with van der Waals surface area (Å²) in [7, 11) is 0.778. The third kappa shape index (κ3) is 8.47. The molecule has 0 aromatic heterocycles. The highest BCUT2D eigenvalue weighted by atomic mass is 35.6. The number of halogens is 1. The summed E-state index contributed by atoms with van der Waals surface area (Å²) < 4.78 is 0. The van der Waals surface area contributed by atoms with Crippen molar-refractivity contribution in [1.29, 1.82) is 0 Å². The maximum atomic E-state index is 4.78. The SMILES string of the molecule is CCN(CC)CC.[SiH3]Cl. The van der Waals surface area contributed by atoms with Crippen LogP contribution < -0.4 is 0 Å². The monoisotopic (exact) mass is 167 g/mol. The van der Waals surface area contributed by atoms with Crippen LogP contribution in [-0.2, 0) is 0 Å². The van der Waals surface area contributed by atoms with Gasteiger partial charge in [-0.3, -0.25) is 0 Å². The first-order chi connectivity index (χ1) is 4.35. The van der Waals surface area contributed by atoms with Crippen molar-refractivity contribution in [1.82, 2.24) is 4.90 Å². The van der Waals surface area contributed by atoms with Crippen LogP contribution in [0.2, 0.25) is 0 Å². The van der Waals surface area contributed by atoms with E-state index in [4.69, 9.17) is 11.1 Å². The van der Waals surface area contributed by atoms with E-state index in [1.54, 1.807) is 0 Å². The van der Waals surface area contributed by atoms with Crippen molar-refractivity contribution >= 4 is 20.6 Å². The molecule has 0 spiro atoms. The van der Waals surface area contributed by atoms with Crippen LogP contribution in [0, 0.1) is 0 Å². The van der Waals surface area contributed by atoms with Gasteiger partial charge in [-0.25, -0.2) is 0 Å². The molecule has 0 heterocycles. The van der Waals surface area contributed by atoms with Gasteiger partial charge in [0.1, 0.15) is 9.55 Å². The zero-order chi connectivity index (χ0) is 7.70. The van der Waals surface area contributed by atoms with Crippen molar-refractivity contribution in [3.05, 3.63) is 0 Å². The van der Waals surface area contributed by atoms with Crippen LogP contribution in [0.1, 0.15) is 20.8 Å². The molecule has 0 saturated carbocycles. The van der Waals surface area contributed by atoms with Crippen molar-refractivity contribution in [3.8, 4) is 0 Å². The standard InChI is InChI=1S/C6H15N.ClH3Si/c1-4-7(5-2)6-3;1-2/h4-6H2,1-3H3;2H3. The molecule has 58 valence electrons. The Bertz CT molecular complexity index is 34.5. The summed E-state index contributed by atoms with van der Waals surface area (Å²) >= 11 is 4.78. The summed E-state index contributed by atoms with van der Waals surface area (Å²) in [5.41, 5.74) is 0. The quantitative estimate of drug-likeness (QED) is 0.445. The molecule has 3 heteroatoms. The van der Waals surface area contributed by atoms with Crippen molar-refractivity contribution in [3.63, 3.8) is 0 Å². The van der Waals surface area contributed by atoms with Gasteiger partial charge in [0.05, 0.1) is 0 Å². The molecule has 0 fully saturated rings. The molecule has 1 nitrogen and oxygen atoms in total. The van der Waals surface area contributed by atoms with Gasteiger partial charge < -0.3 is 4.90 Å². The van der Waals surface area contributed by atoms with E-state index in [-0.39, 0.29) is 0 Å². The molecule has 0 atom stereocenters. The van der Waals surface area contributed by atoms with Gasteiger partial charge >= 0.3 is 0 Å². The van der Waals surface area contributed by atoms with Gasteiger partial charge in [-0.15, -0.1) is 0 Å². The Balaban J connectivity index is 0. The zero-order valence-electron chi connectivity index (χ0n) is 6.95. The Morgan fingerprint density at radius 1 is 1.00 bits per heavy atom. The predicted molar refractivity (Wildman–Crippen MR) is 49.3 cm³/mol. The van der Waals surface area contributed by atoms with E-state index in [1.807, 2.05) is 0 Å². The van der Waals surface area contributed by atoms with Crippen LogP contribution in [0.25, 0.3) is 0 Å². The van der Waals surface area contributed by atoms with Crippen LogP contribution in [0.4, 0.5) is 0 Å². The van der Waals surface area contributed by atoms with E-state index < -0.39 is 0 Å². The number of hydrogen-bond donors (Lipinski definition) is 0. The average molecular weight is 168 g/mol. The topological polar surface area (TPSA) is 3.24 Å². The fourth-order valence-corrected chi connectivity index (χ4v) is 0.671. The third-order valence-electron chi connectivity index (χ3n) is 1.34. The molecule has 0 aromatic rings. The molecule has 0 saturated heterocycles. The van der Waals surface area contributed by atoms with Crippen LogP contribution >= 0.6 is 11.1 Å². The summed E-state index contributed by atoms with van der Waals surface area (Å²) in [6, 6.07) is 0. The lowest BCUT2D eigenvalue weighted by molar-refractivity contribution is 0.321. The molecule has 0 rings (SSSR count). The van der Waals surface area contributed by atoms with Gasteiger partial charge in [0, 0.05) is 0 Å². The molecule has 0 aromatic carbocycles. The average Bonchev–Trinajstić information content (AvgIpc) is 1.96. The van der Waals surface area contributed by atoms with Gasteiger partial charge in [0.25, 0.3) is 0 Å². The first-order valence-corrected chi connectivity index (χ1v) is 6.47. The van der Waals surface area contributed by atoms with E-state index in [2.05, 4.69) is 25.7 Å². The van der Waals surface area contributed by atoms with Crippen LogP contribution in [-0.4, -0.2) is 34.1 Å². The smallest absolute Gasteiger partial charge is 0.109 e. The van der Waals surface area contributed by atoms with Crippen LogP contribution in [0.15, 0.2) is 0 Å². The minimum Gasteiger partial charge on any atom is -0.304 e. The Kier molecular flexibility index (Phi) is 15.3. The van der Waals surface area contributed by atoms with Gasteiger partial charge in [-0.1, -0.05) is 20.8 Å². The highest BCUT2D eigenvalue weighted by Crippen LogP contribution is 1.81. The second-order valence-corrected chi connectivity index (χ2v) is 1.62. The zero-order valence-corrected chi connectivity index (χ0v) is 9.70. The molecule has 0 aliphatic carbocycles. The van der Waals surface area contributed by atoms with Crippen LogP contribution in [0.5, 0.6) is 0 Å². The number of rotatable bonds is 3. The summed E-state index contributed by atoms with van der Waals surface area (Å²) in [6.45, 7) is 10.1. The molecular weight excluding hydrogens is 150 g/mol. The maximum Gasteiger partial charge on any atom is 0.109 e. The second-order valence-electron chi connectivity index (χ2n) is 1.62. The normalized spacial score (nSPS) is 9.00. The molecule has 0 radical (unpaired) electrons. The lowest BCUT2D eigenvalue weighted by atomic mass is 10.5. The number of hydrogen-bond acceptors (Lipinski definition) is 1. The third-order valence-corrected chi connectivity index (χ3v) is 1.34. The van der Waals surface area contributed by atoms with Gasteiger partial charge in [0.15, 0.2) is 0 Å². The fourth-order valence-electron chi connectivity index (χ4n) is 0.671. The summed E-state index contributed by atoms with van der Waals surface area (Å²) in [6.07, 6.45) is 0. The van der Waals surface area contributed by atoms with Crippen molar-refractivity contribution < 1.29 is 0 Å². The Hall–Kier alpha value is 0.467. The molecule has 9 heavy (non-hydrogen) atoms. The summed E-state index contributed by atoms with van der Waals surface area (Å²) in [5.74, 6) is 0. The summed E-state index contributed by atoms with van der Waals surface area (Å²) in [5, 5.41) is 0. The van der Waals surface area contributed by atoms with Crippen LogP contribution in [0.3, 0.4) is 0 Å². The lowest BCUT2D eigenvalue weighted by Gasteiger charge is -2.13. The predicted octanol–water partition coefficient (Wildman–Crippen LogP) is 0.854. The largest absolute Gasteiger partial charge is 0.304 e. The lowest BCUT2D eigenvalue weighted by Crippen LogP contribution is -2.21. The molecule has 0 N–H and O–H groups in total. The molecule has 0 aliphatic rings. The fraction of sp³-hybridized carbons (Fsp3) is 1.00. The molecule has 0 aliphatic heterocycles. The van der Waals surface area contributed by atoms with Crippen molar-refractivity contribution in [2.45, 2.75) is 20.8 Å². The van der Waals surface area contributed by atoms with Gasteiger partial charge in [-0.05, 0) is 19.6 Å². The van der Waals surface area contributed by atoms with Crippen molar-refractivity contribution in [2.24, 2.45) is 0 Å². The highest BCUT2D eigenvalue weighted by Gasteiger charge is 1.89. The second kappa shape index (κ2) is 11.3. The Labute approximate surface area is 66.5 Å². The van der Waals surface area contributed by atoms with E-state index in [0.717, 1.165) is 9.55 Å². The van der Waals surface area contributed by atoms with Gasteiger partial charge in [-0.2, -0.15) is 11.1 Å². The van der Waals surface area contributed by atoms with E-state index in [0.29, 0.717) is 0 Å². The minimum atomic E-state index is 0.778.